The van der Waals surface area contributed by atoms with Crippen LogP contribution in [-0.2, 0) is 9.22 Å². The Morgan fingerprint density at radius 3 is 2.52 bits per heavy atom. The van der Waals surface area contributed by atoms with Gasteiger partial charge < -0.3 is 4.43 Å². The maximum Gasteiger partial charge on any atom is 0.228 e. The molecule has 0 N–H and O–H groups in total. The summed E-state index contributed by atoms with van der Waals surface area (Å²) in [5, 5.41) is 0.949. The summed E-state index contributed by atoms with van der Waals surface area (Å²) < 4.78 is 6.34. The fourth-order valence-corrected chi connectivity index (χ4v) is 6.38. The molecule has 0 saturated heterocycles. The molecule has 0 aromatic heterocycles. The van der Waals surface area contributed by atoms with Crippen LogP contribution < -0.4 is 0 Å². The minimum absolute atomic E-state index is 0.0835. The highest BCUT2D eigenvalue weighted by atomic mass is 28.4. The van der Waals surface area contributed by atoms with E-state index in [1.165, 1.54) is 0 Å². The van der Waals surface area contributed by atoms with Crippen LogP contribution >= 0.6 is 0 Å². The van der Waals surface area contributed by atoms with Crippen LogP contribution in [0.3, 0.4) is 0 Å². The third-order valence-corrected chi connectivity index (χ3v) is 8.63. The Balaban J connectivity index is 2.23. The standard InChI is InChI=1S/C18H22O2Si/c1-4-21(5-2)18(15(3)19)14-13-17(20-21)12-11-16-9-7-6-8-10-16/h6-10,14,17H,4-5,13H2,1-3H3. The topological polar surface area (TPSA) is 26.3 Å². The minimum atomic E-state index is -2.12. The lowest BCUT2D eigenvalue weighted by Gasteiger charge is -2.36. The summed E-state index contributed by atoms with van der Waals surface area (Å²) in [6.07, 6.45) is 2.71. The largest absolute Gasteiger partial charge is 0.398 e. The lowest BCUT2D eigenvalue weighted by atomic mass is 10.2. The van der Waals surface area contributed by atoms with E-state index < -0.39 is 8.32 Å². The van der Waals surface area contributed by atoms with Crippen LogP contribution in [-0.4, -0.2) is 20.2 Å². The first-order valence-corrected chi connectivity index (χ1v) is 9.89. The SMILES string of the molecule is CC[Si]1(CC)OC(C#Cc2ccccc2)CC=C1C(C)=O. The van der Waals surface area contributed by atoms with Crippen LogP contribution in [0.5, 0.6) is 0 Å². The second-order valence-corrected chi connectivity index (χ2v) is 9.53. The molecule has 0 aliphatic carbocycles. The fourth-order valence-electron chi connectivity index (χ4n) is 2.83. The summed E-state index contributed by atoms with van der Waals surface area (Å²) in [7, 11) is -2.12. The summed E-state index contributed by atoms with van der Waals surface area (Å²) in [6.45, 7) is 5.90. The molecule has 1 unspecified atom stereocenters. The molecule has 0 saturated carbocycles. The second kappa shape index (κ2) is 6.88. The Morgan fingerprint density at radius 1 is 1.29 bits per heavy atom. The maximum atomic E-state index is 11.9. The van der Waals surface area contributed by atoms with E-state index in [-0.39, 0.29) is 11.9 Å². The van der Waals surface area contributed by atoms with Crippen LogP contribution in [0, 0.1) is 11.8 Å². The molecule has 1 heterocycles. The Morgan fingerprint density at radius 2 is 1.95 bits per heavy atom. The molecule has 0 fully saturated rings. The average Bonchev–Trinajstić information content (AvgIpc) is 2.53. The number of rotatable bonds is 3. The van der Waals surface area contributed by atoms with E-state index in [1.807, 2.05) is 30.3 Å². The van der Waals surface area contributed by atoms with Gasteiger partial charge in [-0.25, -0.2) is 0 Å². The van der Waals surface area contributed by atoms with E-state index in [0.29, 0.717) is 6.42 Å². The van der Waals surface area contributed by atoms with Crippen molar-refractivity contribution < 1.29 is 9.22 Å². The number of carbonyl (C=O) groups is 1. The molecule has 0 spiro atoms. The molecule has 1 atom stereocenters. The monoisotopic (exact) mass is 298 g/mol. The molecular weight excluding hydrogens is 276 g/mol. The van der Waals surface area contributed by atoms with Gasteiger partial charge in [0.15, 0.2) is 5.78 Å². The lowest BCUT2D eigenvalue weighted by molar-refractivity contribution is -0.113. The third kappa shape index (κ3) is 3.52. The van der Waals surface area contributed by atoms with Gasteiger partial charge in [-0.05, 0) is 31.1 Å². The Labute approximate surface area is 128 Å². The van der Waals surface area contributed by atoms with Gasteiger partial charge in [-0.2, -0.15) is 0 Å². The van der Waals surface area contributed by atoms with Crippen molar-refractivity contribution in [2.24, 2.45) is 0 Å². The molecule has 2 nitrogen and oxygen atoms in total. The molecule has 3 heteroatoms. The van der Waals surface area contributed by atoms with Crippen molar-refractivity contribution in [1.82, 2.24) is 0 Å². The number of benzene rings is 1. The molecule has 1 aliphatic rings. The molecule has 21 heavy (non-hydrogen) atoms. The van der Waals surface area contributed by atoms with E-state index >= 15 is 0 Å². The minimum Gasteiger partial charge on any atom is -0.398 e. The van der Waals surface area contributed by atoms with Crippen LogP contribution in [0.25, 0.3) is 0 Å². The van der Waals surface area contributed by atoms with E-state index in [2.05, 4.69) is 31.8 Å². The van der Waals surface area contributed by atoms with Gasteiger partial charge in [0.25, 0.3) is 0 Å². The van der Waals surface area contributed by atoms with Gasteiger partial charge in [0.05, 0.1) is 0 Å². The van der Waals surface area contributed by atoms with Crippen molar-refractivity contribution in [2.75, 3.05) is 0 Å². The number of hydrogen-bond acceptors (Lipinski definition) is 2. The van der Waals surface area contributed by atoms with Crippen molar-refractivity contribution in [3.63, 3.8) is 0 Å². The third-order valence-electron chi connectivity index (χ3n) is 4.07. The first-order valence-electron chi connectivity index (χ1n) is 7.57. The zero-order valence-electron chi connectivity index (χ0n) is 13.0. The van der Waals surface area contributed by atoms with Gasteiger partial charge in [0.2, 0.25) is 8.32 Å². The molecule has 0 radical (unpaired) electrons. The average molecular weight is 298 g/mol. The van der Waals surface area contributed by atoms with Crippen molar-refractivity contribution in [1.29, 1.82) is 0 Å². The Kier molecular flexibility index (Phi) is 5.16. The summed E-state index contributed by atoms with van der Waals surface area (Å²) in [6, 6.07) is 11.8. The van der Waals surface area contributed by atoms with Gasteiger partial charge in [0, 0.05) is 17.2 Å². The molecular formula is C18H22O2Si. The smallest absolute Gasteiger partial charge is 0.228 e. The van der Waals surface area contributed by atoms with E-state index in [1.54, 1.807) is 6.92 Å². The molecule has 1 aromatic carbocycles. The number of carbonyl (C=O) groups excluding carboxylic acids is 1. The van der Waals surface area contributed by atoms with E-state index in [4.69, 9.17) is 4.43 Å². The van der Waals surface area contributed by atoms with Gasteiger partial charge in [-0.1, -0.05) is 50.0 Å². The maximum absolute atomic E-state index is 11.9. The fraction of sp³-hybridized carbons (Fsp3) is 0.389. The summed E-state index contributed by atoms with van der Waals surface area (Å²) >= 11 is 0. The van der Waals surface area contributed by atoms with Crippen molar-refractivity contribution in [2.45, 2.75) is 45.4 Å². The lowest BCUT2D eigenvalue weighted by Crippen LogP contribution is -2.47. The molecule has 1 aliphatic heterocycles. The molecule has 0 bridgehead atoms. The molecule has 0 amide bonds. The highest BCUT2D eigenvalue weighted by molar-refractivity contribution is 6.85. The van der Waals surface area contributed by atoms with Crippen molar-refractivity contribution in [3.8, 4) is 11.8 Å². The number of hydrogen-bond donors (Lipinski definition) is 0. The van der Waals surface area contributed by atoms with Crippen molar-refractivity contribution >= 4 is 14.1 Å². The normalized spacial score (nSPS) is 20.1. The van der Waals surface area contributed by atoms with Crippen LogP contribution in [0.2, 0.25) is 12.1 Å². The van der Waals surface area contributed by atoms with Gasteiger partial charge in [-0.3, -0.25) is 4.79 Å². The zero-order chi connectivity index (χ0) is 15.3. The van der Waals surface area contributed by atoms with Crippen molar-refractivity contribution in [3.05, 3.63) is 47.2 Å². The molecule has 110 valence electrons. The van der Waals surface area contributed by atoms with Crippen LogP contribution in [0.15, 0.2) is 41.6 Å². The predicted molar refractivity (Wildman–Crippen MR) is 88.3 cm³/mol. The van der Waals surface area contributed by atoms with E-state index in [0.717, 1.165) is 22.8 Å². The summed E-state index contributed by atoms with van der Waals surface area (Å²) in [5.41, 5.74) is 1.00. The first kappa shape index (κ1) is 15.8. The van der Waals surface area contributed by atoms with E-state index in [9.17, 15) is 4.79 Å². The van der Waals surface area contributed by atoms with Gasteiger partial charge in [-0.15, -0.1) is 0 Å². The number of allylic oxidation sites excluding steroid dienone is 1. The number of Topliss-reactive ketones (excluding diaryl/α,β-unsaturated/α-hetero) is 1. The predicted octanol–water partition coefficient (Wildman–Crippen LogP) is 3.87. The van der Waals surface area contributed by atoms with Gasteiger partial charge >= 0.3 is 0 Å². The Hall–Kier alpha value is -1.63. The van der Waals surface area contributed by atoms with Gasteiger partial charge in [0.1, 0.15) is 6.10 Å². The highest BCUT2D eigenvalue weighted by Gasteiger charge is 2.42. The van der Waals surface area contributed by atoms with Crippen LogP contribution in [0.1, 0.15) is 32.8 Å². The molecule has 2 rings (SSSR count). The quantitative estimate of drug-likeness (QED) is 0.625. The second-order valence-electron chi connectivity index (χ2n) is 5.35. The summed E-state index contributed by atoms with van der Waals surface area (Å²) in [4.78, 5) is 11.9. The molecule has 1 aromatic rings. The summed E-state index contributed by atoms with van der Waals surface area (Å²) in [5.74, 6) is 6.57. The first-order chi connectivity index (χ1) is 10.1. The zero-order valence-corrected chi connectivity index (χ0v) is 14.0. The van der Waals surface area contributed by atoms with Crippen LogP contribution in [0.4, 0.5) is 0 Å². The Bertz CT molecular complexity index is 589. The number of ketones is 1. The highest BCUT2D eigenvalue weighted by Crippen LogP contribution is 2.32.